The second kappa shape index (κ2) is 10.5. The number of amides is 1. The van der Waals surface area contributed by atoms with Crippen LogP contribution in [-0.2, 0) is 4.79 Å². The summed E-state index contributed by atoms with van der Waals surface area (Å²) in [6, 6.07) is 11.0. The molecule has 0 aliphatic heterocycles. The maximum absolute atomic E-state index is 13.7. The second-order valence-electron chi connectivity index (χ2n) is 5.72. The Bertz CT molecular complexity index is 922. The first-order valence-electron chi connectivity index (χ1n) is 8.76. The van der Waals surface area contributed by atoms with E-state index in [9.17, 15) is 14.4 Å². The van der Waals surface area contributed by atoms with Crippen molar-refractivity contribution in [2.24, 2.45) is 0 Å². The minimum absolute atomic E-state index is 0.00755. The fourth-order valence-corrected chi connectivity index (χ4v) is 2.92. The van der Waals surface area contributed by atoms with E-state index in [1.807, 2.05) is 19.9 Å². The minimum Gasteiger partial charge on any atom is -0.490 e. The summed E-state index contributed by atoms with van der Waals surface area (Å²) in [7, 11) is 0. The fourth-order valence-electron chi connectivity index (χ4n) is 2.35. The summed E-state index contributed by atoms with van der Waals surface area (Å²) in [5, 5.41) is 11.8. The van der Waals surface area contributed by atoms with Crippen LogP contribution in [0.1, 0.15) is 25.8 Å². The van der Waals surface area contributed by atoms with Crippen LogP contribution in [0.25, 0.3) is 6.08 Å². The molecule has 0 bridgehead atoms. The van der Waals surface area contributed by atoms with Gasteiger partial charge in [-0.25, -0.2) is 4.39 Å². The van der Waals surface area contributed by atoms with Gasteiger partial charge in [-0.1, -0.05) is 19.1 Å². The summed E-state index contributed by atoms with van der Waals surface area (Å²) in [4.78, 5) is 12.4. The molecule has 1 amide bonds. The molecule has 0 unspecified atom stereocenters. The van der Waals surface area contributed by atoms with Crippen LogP contribution in [0.2, 0.25) is 0 Å². The molecule has 0 atom stereocenters. The first kappa shape index (κ1) is 21.5. The zero-order valence-corrected chi connectivity index (χ0v) is 17.2. The Morgan fingerprint density at radius 3 is 2.68 bits per heavy atom. The smallest absolute Gasteiger partial charge is 0.266 e. The van der Waals surface area contributed by atoms with Crippen molar-refractivity contribution in [3.63, 3.8) is 0 Å². The van der Waals surface area contributed by atoms with E-state index in [1.165, 1.54) is 24.3 Å². The number of nitrogens with one attached hydrogen (secondary N) is 1. The Labute approximate surface area is 171 Å². The van der Waals surface area contributed by atoms with E-state index in [4.69, 9.17) is 9.47 Å². The van der Waals surface area contributed by atoms with Crippen molar-refractivity contribution in [1.29, 1.82) is 5.26 Å². The predicted octanol–water partition coefficient (Wildman–Crippen LogP) is 5.32. The Morgan fingerprint density at radius 1 is 1.29 bits per heavy atom. The van der Waals surface area contributed by atoms with Crippen molar-refractivity contribution < 1.29 is 18.7 Å². The van der Waals surface area contributed by atoms with E-state index in [-0.39, 0.29) is 11.3 Å². The van der Waals surface area contributed by atoms with Crippen molar-refractivity contribution in [3.05, 3.63) is 57.8 Å². The molecule has 0 aliphatic carbocycles. The quantitative estimate of drug-likeness (QED) is 0.439. The van der Waals surface area contributed by atoms with E-state index in [2.05, 4.69) is 21.2 Å². The maximum atomic E-state index is 13.7. The average Bonchev–Trinajstić information content (AvgIpc) is 2.67. The minimum atomic E-state index is -0.701. The van der Waals surface area contributed by atoms with Crippen LogP contribution < -0.4 is 14.8 Å². The summed E-state index contributed by atoms with van der Waals surface area (Å²) in [5.41, 5.74) is 0.410. The number of halogens is 2. The molecule has 0 aromatic heterocycles. The molecule has 0 heterocycles. The molecule has 146 valence electrons. The molecule has 0 saturated heterocycles. The Balaban J connectivity index is 2.33. The van der Waals surface area contributed by atoms with Gasteiger partial charge in [0.05, 0.1) is 23.4 Å². The molecule has 0 saturated carbocycles. The zero-order chi connectivity index (χ0) is 20.5. The van der Waals surface area contributed by atoms with Gasteiger partial charge in [0.2, 0.25) is 0 Å². The predicted molar refractivity (Wildman–Crippen MR) is 110 cm³/mol. The topological polar surface area (TPSA) is 71.3 Å². The van der Waals surface area contributed by atoms with Gasteiger partial charge < -0.3 is 14.8 Å². The van der Waals surface area contributed by atoms with Gasteiger partial charge in [-0.3, -0.25) is 4.79 Å². The molecule has 0 aliphatic rings. The number of para-hydroxylation sites is 1. The number of ether oxygens (including phenoxy) is 2. The lowest BCUT2D eigenvalue weighted by Crippen LogP contribution is -2.14. The van der Waals surface area contributed by atoms with Gasteiger partial charge >= 0.3 is 0 Å². The fraction of sp³-hybridized carbons (Fsp3) is 0.238. The molecule has 2 aromatic rings. The van der Waals surface area contributed by atoms with Crippen LogP contribution in [0.5, 0.6) is 11.5 Å². The Morgan fingerprint density at radius 2 is 2.04 bits per heavy atom. The number of nitriles is 1. The van der Waals surface area contributed by atoms with Gasteiger partial charge in [-0.05, 0) is 65.2 Å². The molecule has 0 spiro atoms. The highest BCUT2D eigenvalue weighted by Crippen LogP contribution is 2.37. The molecule has 5 nitrogen and oxygen atoms in total. The number of carbonyl (C=O) groups is 1. The standard InChI is InChI=1S/C21H20BrFN2O3/c1-3-9-28-20-16(22)11-14(12-19(20)27-4-2)10-15(13-24)21(26)25-18-8-6-5-7-17(18)23/h5-8,10-12H,3-4,9H2,1-2H3,(H,25,26)/b15-10+. The number of hydrogen-bond acceptors (Lipinski definition) is 4. The van der Waals surface area contributed by atoms with Gasteiger partial charge in [0.1, 0.15) is 17.5 Å². The molecule has 2 aromatic carbocycles. The van der Waals surface area contributed by atoms with Crippen LogP contribution in [0.15, 0.2) is 46.4 Å². The summed E-state index contributed by atoms with van der Waals surface area (Å²) < 4.78 is 25.7. The molecular weight excluding hydrogens is 427 g/mol. The normalized spacial score (nSPS) is 10.9. The van der Waals surface area contributed by atoms with E-state index in [1.54, 1.807) is 18.2 Å². The van der Waals surface area contributed by atoms with E-state index in [0.29, 0.717) is 34.7 Å². The van der Waals surface area contributed by atoms with Crippen molar-refractivity contribution >= 4 is 33.6 Å². The number of rotatable bonds is 8. The third-order valence-corrected chi connectivity index (χ3v) is 4.17. The van der Waals surface area contributed by atoms with Gasteiger partial charge in [0.25, 0.3) is 5.91 Å². The number of hydrogen-bond donors (Lipinski definition) is 1. The third kappa shape index (κ3) is 5.57. The lowest BCUT2D eigenvalue weighted by atomic mass is 10.1. The van der Waals surface area contributed by atoms with Crippen molar-refractivity contribution in [2.45, 2.75) is 20.3 Å². The molecule has 2 rings (SSSR count). The average molecular weight is 447 g/mol. The summed E-state index contributed by atoms with van der Waals surface area (Å²) in [5.74, 6) is -0.210. The van der Waals surface area contributed by atoms with E-state index in [0.717, 1.165) is 6.42 Å². The van der Waals surface area contributed by atoms with Crippen molar-refractivity contribution in [2.75, 3.05) is 18.5 Å². The van der Waals surface area contributed by atoms with Crippen LogP contribution in [0.4, 0.5) is 10.1 Å². The summed E-state index contributed by atoms with van der Waals surface area (Å²) >= 11 is 3.44. The number of carbonyl (C=O) groups excluding carboxylic acids is 1. The first-order chi connectivity index (χ1) is 13.5. The largest absolute Gasteiger partial charge is 0.490 e. The lowest BCUT2D eigenvalue weighted by molar-refractivity contribution is -0.112. The molecule has 28 heavy (non-hydrogen) atoms. The number of benzene rings is 2. The second-order valence-corrected chi connectivity index (χ2v) is 6.57. The number of nitrogens with zero attached hydrogens (tertiary/aromatic N) is 1. The molecule has 7 heteroatoms. The summed E-state index contributed by atoms with van der Waals surface area (Å²) in [6.45, 7) is 4.81. The Hall–Kier alpha value is -2.85. The zero-order valence-electron chi connectivity index (χ0n) is 15.6. The summed E-state index contributed by atoms with van der Waals surface area (Å²) in [6.07, 6.45) is 2.25. The van der Waals surface area contributed by atoms with Gasteiger partial charge in [-0.2, -0.15) is 5.26 Å². The maximum Gasteiger partial charge on any atom is 0.266 e. The van der Waals surface area contributed by atoms with Crippen LogP contribution in [-0.4, -0.2) is 19.1 Å². The number of anilines is 1. The van der Waals surface area contributed by atoms with Crippen LogP contribution in [0, 0.1) is 17.1 Å². The molecule has 0 radical (unpaired) electrons. The van der Waals surface area contributed by atoms with Gasteiger partial charge in [-0.15, -0.1) is 0 Å². The van der Waals surface area contributed by atoms with E-state index < -0.39 is 11.7 Å². The van der Waals surface area contributed by atoms with Crippen LogP contribution >= 0.6 is 15.9 Å². The molecular formula is C21H20BrFN2O3. The van der Waals surface area contributed by atoms with Gasteiger partial charge in [0, 0.05) is 0 Å². The SMILES string of the molecule is CCCOc1c(Br)cc(/C=C(\C#N)C(=O)Nc2ccccc2F)cc1OCC. The van der Waals surface area contributed by atoms with Crippen LogP contribution in [0.3, 0.4) is 0 Å². The highest BCUT2D eigenvalue weighted by atomic mass is 79.9. The highest BCUT2D eigenvalue weighted by Gasteiger charge is 2.15. The highest BCUT2D eigenvalue weighted by molar-refractivity contribution is 9.10. The third-order valence-electron chi connectivity index (χ3n) is 3.58. The van der Waals surface area contributed by atoms with Crippen molar-refractivity contribution in [3.8, 4) is 17.6 Å². The van der Waals surface area contributed by atoms with Crippen molar-refractivity contribution in [1.82, 2.24) is 0 Å². The molecule has 1 N–H and O–H groups in total. The van der Waals surface area contributed by atoms with Gasteiger partial charge in [0.15, 0.2) is 11.5 Å². The van der Waals surface area contributed by atoms with E-state index >= 15 is 0 Å². The lowest BCUT2D eigenvalue weighted by Gasteiger charge is -2.14. The molecule has 0 fully saturated rings. The Kier molecular flexibility index (Phi) is 8.02. The first-order valence-corrected chi connectivity index (χ1v) is 9.56. The monoisotopic (exact) mass is 446 g/mol.